The second-order valence-electron chi connectivity index (χ2n) is 8.94. The number of carbonyl (C=O) groups excluding carboxylic acids is 1. The fourth-order valence-corrected chi connectivity index (χ4v) is 3.75. The molecule has 160 valence electrons. The summed E-state index contributed by atoms with van der Waals surface area (Å²) in [5, 5.41) is 3.50. The van der Waals surface area contributed by atoms with Crippen LogP contribution in [0.4, 0.5) is 4.79 Å². The lowest BCUT2D eigenvalue weighted by Crippen LogP contribution is -2.57. The molecule has 2 aliphatic rings. The average Bonchev–Trinajstić information content (AvgIpc) is 3.07. The van der Waals surface area contributed by atoms with Crippen molar-refractivity contribution in [1.29, 1.82) is 0 Å². The quantitative estimate of drug-likeness (QED) is 0.742. The maximum Gasteiger partial charge on any atom is 0.410 e. The third-order valence-corrected chi connectivity index (χ3v) is 5.15. The Bertz CT molecular complexity index is 701. The Morgan fingerprint density at radius 2 is 2.03 bits per heavy atom. The van der Waals surface area contributed by atoms with E-state index in [0.29, 0.717) is 13.1 Å². The molecule has 1 fully saturated rings. The molecule has 29 heavy (non-hydrogen) atoms. The van der Waals surface area contributed by atoms with Gasteiger partial charge in [0.05, 0.1) is 12.6 Å². The number of nitrogens with zero attached hydrogens (tertiary/aromatic N) is 4. The minimum atomic E-state index is -0.458. The summed E-state index contributed by atoms with van der Waals surface area (Å²) in [5.74, 6) is 0.976. The van der Waals surface area contributed by atoms with Crippen molar-refractivity contribution in [3.8, 4) is 0 Å². The summed E-state index contributed by atoms with van der Waals surface area (Å²) in [6, 6.07) is 10.8. The van der Waals surface area contributed by atoms with Gasteiger partial charge in [-0.3, -0.25) is 4.99 Å². The molecule has 7 nitrogen and oxygen atoms in total. The summed E-state index contributed by atoms with van der Waals surface area (Å²) < 4.78 is 5.51. The normalized spacial score (nSPS) is 19.2. The van der Waals surface area contributed by atoms with Gasteiger partial charge in [0.2, 0.25) is 0 Å². The van der Waals surface area contributed by atoms with E-state index in [1.54, 1.807) is 0 Å². The number of hydrogen-bond acceptors (Lipinski definition) is 6. The Morgan fingerprint density at radius 1 is 1.28 bits per heavy atom. The Morgan fingerprint density at radius 3 is 2.76 bits per heavy atom. The molecule has 0 aromatic heterocycles. The van der Waals surface area contributed by atoms with Crippen molar-refractivity contribution < 1.29 is 9.53 Å². The molecule has 0 saturated carbocycles. The molecule has 3 rings (SSSR count). The van der Waals surface area contributed by atoms with Crippen LogP contribution in [0.3, 0.4) is 0 Å². The molecule has 1 atom stereocenters. The molecule has 0 radical (unpaired) electrons. The van der Waals surface area contributed by atoms with Gasteiger partial charge in [-0.15, -0.1) is 0 Å². The molecule has 1 saturated heterocycles. The van der Waals surface area contributed by atoms with E-state index in [4.69, 9.17) is 4.74 Å². The number of aliphatic imine (C=N–C) groups is 1. The summed E-state index contributed by atoms with van der Waals surface area (Å²) in [6.07, 6.45) is 0.838. The number of nitrogens with one attached hydrogen (secondary N) is 1. The van der Waals surface area contributed by atoms with E-state index >= 15 is 0 Å². The minimum absolute atomic E-state index is 0.222. The standard InChI is InChI=1S/C22H35N5O2/c1-22(2,3)29-21(28)26-13-14-27-19(17-26)15-24-20(27)23-11-8-12-25(4)16-18-9-6-5-7-10-18/h5-7,9-10,19H,8,11-17H2,1-4H3,(H,23,24). The highest BCUT2D eigenvalue weighted by Gasteiger charge is 2.36. The monoisotopic (exact) mass is 401 g/mol. The molecule has 1 aromatic rings. The molecule has 1 amide bonds. The van der Waals surface area contributed by atoms with Crippen LogP contribution in [-0.4, -0.2) is 84.7 Å². The van der Waals surface area contributed by atoms with Crippen LogP contribution in [0.1, 0.15) is 32.8 Å². The van der Waals surface area contributed by atoms with E-state index in [1.807, 2.05) is 25.7 Å². The van der Waals surface area contributed by atoms with Gasteiger partial charge in [0.15, 0.2) is 5.96 Å². The summed E-state index contributed by atoms with van der Waals surface area (Å²) in [7, 11) is 2.16. The van der Waals surface area contributed by atoms with Gasteiger partial charge in [0, 0.05) is 32.7 Å². The van der Waals surface area contributed by atoms with Crippen molar-refractivity contribution in [2.75, 3.05) is 46.3 Å². The van der Waals surface area contributed by atoms with Gasteiger partial charge in [-0.05, 0) is 46.3 Å². The maximum absolute atomic E-state index is 12.3. The predicted molar refractivity (Wildman–Crippen MR) is 116 cm³/mol. The molecule has 1 N–H and O–H groups in total. The van der Waals surface area contributed by atoms with Gasteiger partial charge in [0.1, 0.15) is 5.60 Å². The molecule has 0 aliphatic carbocycles. The summed E-state index contributed by atoms with van der Waals surface area (Å²) >= 11 is 0. The molecule has 2 aliphatic heterocycles. The molecule has 2 heterocycles. The van der Waals surface area contributed by atoms with Crippen LogP contribution in [0, 0.1) is 0 Å². The topological polar surface area (TPSA) is 60.4 Å². The zero-order valence-corrected chi connectivity index (χ0v) is 18.2. The number of ether oxygens (including phenoxy) is 1. The SMILES string of the molecule is CN(CCCNC1=NCC2CN(C(=O)OC(C)(C)C)CCN12)Cc1ccccc1. The van der Waals surface area contributed by atoms with Crippen LogP contribution >= 0.6 is 0 Å². The second kappa shape index (κ2) is 9.48. The first-order chi connectivity index (χ1) is 13.8. The van der Waals surface area contributed by atoms with Crippen molar-refractivity contribution in [2.24, 2.45) is 4.99 Å². The number of piperazine rings is 1. The lowest BCUT2D eigenvalue weighted by molar-refractivity contribution is 0.0137. The van der Waals surface area contributed by atoms with Crippen LogP contribution in [0.15, 0.2) is 35.3 Å². The Balaban J connectivity index is 1.36. The van der Waals surface area contributed by atoms with E-state index in [2.05, 4.69) is 57.5 Å². The smallest absolute Gasteiger partial charge is 0.410 e. The van der Waals surface area contributed by atoms with Crippen LogP contribution in [0.25, 0.3) is 0 Å². The third kappa shape index (κ3) is 6.35. The Labute approximate surface area is 174 Å². The highest BCUT2D eigenvalue weighted by atomic mass is 16.6. The predicted octanol–water partition coefficient (Wildman–Crippen LogP) is 2.39. The van der Waals surface area contributed by atoms with Crippen LogP contribution in [-0.2, 0) is 11.3 Å². The van der Waals surface area contributed by atoms with Crippen LogP contribution in [0.2, 0.25) is 0 Å². The summed E-state index contributed by atoms with van der Waals surface area (Å²) in [5.41, 5.74) is 0.884. The van der Waals surface area contributed by atoms with Gasteiger partial charge in [0.25, 0.3) is 0 Å². The summed E-state index contributed by atoms with van der Waals surface area (Å²) in [4.78, 5) is 23.4. The first kappa shape index (κ1) is 21.4. The second-order valence-corrected chi connectivity index (χ2v) is 8.94. The van der Waals surface area contributed by atoms with Crippen molar-refractivity contribution in [1.82, 2.24) is 20.0 Å². The Hall–Kier alpha value is -2.28. The van der Waals surface area contributed by atoms with Crippen molar-refractivity contribution >= 4 is 12.1 Å². The average molecular weight is 402 g/mol. The lowest BCUT2D eigenvalue weighted by atomic mass is 10.2. The van der Waals surface area contributed by atoms with E-state index < -0.39 is 5.60 Å². The molecule has 0 spiro atoms. The first-order valence-electron chi connectivity index (χ1n) is 10.6. The van der Waals surface area contributed by atoms with Gasteiger partial charge in [-0.2, -0.15) is 0 Å². The summed E-state index contributed by atoms with van der Waals surface area (Å²) in [6.45, 7) is 11.5. The molecular formula is C22H35N5O2. The third-order valence-electron chi connectivity index (χ3n) is 5.15. The fourth-order valence-electron chi connectivity index (χ4n) is 3.75. The van der Waals surface area contributed by atoms with Crippen LogP contribution < -0.4 is 5.32 Å². The highest BCUT2D eigenvalue weighted by Crippen LogP contribution is 2.18. The van der Waals surface area contributed by atoms with E-state index in [9.17, 15) is 4.79 Å². The molecule has 7 heteroatoms. The molecule has 1 aromatic carbocycles. The van der Waals surface area contributed by atoms with Crippen molar-refractivity contribution in [3.63, 3.8) is 0 Å². The lowest BCUT2D eigenvalue weighted by Gasteiger charge is -2.39. The number of amides is 1. The minimum Gasteiger partial charge on any atom is -0.444 e. The zero-order chi connectivity index (χ0) is 20.9. The zero-order valence-electron chi connectivity index (χ0n) is 18.2. The van der Waals surface area contributed by atoms with E-state index in [1.165, 1.54) is 5.56 Å². The number of carbonyl (C=O) groups is 1. The maximum atomic E-state index is 12.3. The number of rotatable bonds is 6. The largest absolute Gasteiger partial charge is 0.444 e. The molecule has 0 bridgehead atoms. The van der Waals surface area contributed by atoms with Crippen LogP contribution in [0.5, 0.6) is 0 Å². The fraction of sp³-hybridized carbons (Fsp3) is 0.636. The number of fused-ring (bicyclic) bond motifs is 1. The van der Waals surface area contributed by atoms with Gasteiger partial charge in [-0.25, -0.2) is 4.79 Å². The number of benzene rings is 1. The van der Waals surface area contributed by atoms with E-state index in [0.717, 1.165) is 45.1 Å². The van der Waals surface area contributed by atoms with Gasteiger partial charge < -0.3 is 24.8 Å². The van der Waals surface area contributed by atoms with Gasteiger partial charge in [-0.1, -0.05) is 30.3 Å². The first-order valence-corrected chi connectivity index (χ1v) is 10.6. The molecular weight excluding hydrogens is 366 g/mol. The Kier molecular flexibility index (Phi) is 7.00. The van der Waals surface area contributed by atoms with Gasteiger partial charge >= 0.3 is 6.09 Å². The highest BCUT2D eigenvalue weighted by molar-refractivity contribution is 5.82. The van der Waals surface area contributed by atoms with Crippen molar-refractivity contribution in [3.05, 3.63) is 35.9 Å². The van der Waals surface area contributed by atoms with E-state index in [-0.39, 0.29) is 12.1 Å². The number of hydrogen-bond donors (Lipinski definition) is 1. The number of guanidine groups is 1. The van der Waals surface area contributed by atoms with Crippen molar-refractivity contribution in [2.45, 2.75) is 45.4 Å². The molecule has 1 unspecified atom stereocenters.